The van der Waals surface area contributed by atoms with E-state index < -0.39 is 5.91 Å². The van der Waals surface area contributed by atoms with E-state index in [0.717, 1.165) is 0 Å². The number of H-pyrrole nitrogens is 1. The molecule has 1 aliphatic rings. The number of rotatable bonds is 4. The number of aromatic nitrogens is 3. The first-order valence-corrected chi connectivity index (χ1v) is 6.95. The SMILES string of the molecule is NC(=O)c1n[nH]nc1Cc1ccc(N2CCOCC2)c(F)c1. The van der Waals surface area contributed by atoms with Gasteiger partial charge in [-0.3, -0.25) is 4.79 Å². The molecule has 0 spiro atoms. The van der Waals surface area contributed by atoms with Crippen LogP contribution in [-0.4, -0.2) is 47.6 Å². The lowest BCUT2D eigenvalue weighted by molar-refractivity contribution is 0.0994. The van der Waals surface area contributed by atoms with E-state index in [1.807, 2.05) is 11.0 Å². The van der Waals surface area contributed by atoms with Crippen LogP contribution in [0.4, 0.5) is 10.1 Å². The zero-order valence-electron chi connectivity index (χ0n) is 11.9. The topological polar surface area (TPSA) is 97.1 Å². The summed E-state index contributed by atoms with van der Waals surface area (Å²) in [5, 5.41) is 9.95. The predicted molar refractivity (Wildman–Crippen MR) is 77.1 cm³/mol. The summed E-state index contributed by atoms with van der Waals surface area (Å²) in [6, 6.07) is 5.00. The van der Waals surface area contributed by atoms with Gasteiger partial charge in [-0.2, -0.15) is 15.4 Å². The number of halogens is 1. The van der Waals surface area contributed by atoms with Crippen molar-refractivity contribution in [1.82, 2.24) is 15.4 Å². The first-order chi connectivity index (χ1) is 10.6. The maximum atomic E-state index is 14.3. The lowest BCUT2D eigenvalue weighted by Gasteiger charge is -2.29. The number of nitrogens with two attached hydrogens (primary N) is 1. The van der Waals surface area contributed by atoms with Gasteiger partial charge >= 0.3 is 0 Å². The van der Waals surface area contributed by atoms with Crippen LogP contribution in [0.15, 0.2) is 18.2 Å². The highest BCUT2D eigenvalue weighted by molar-refractivity contribution is 5.91. The number of aromatic amines is 1. The van der Waals surface area contributed by atoms with Gasteiger partial charge in [-0.15, -0.1) is 0 Å². The van der Waals surface area contributed by atoms with E-state index in [0.29, 0.717) is 43.2 Å². The van der Waals surface area contributed by atoms with Gasteiger partial charge in [-0.05, 0) is 17.7 Å². The number of carbonyl (C=O) groups is 1. The van der Waals surface area contributed by atoms with E-state index in [2.05, 4.69) is 15.4 Å². The van der Waals surface area contributed by atoms with Gasteiger partial charge in [0.05, 0.1) is 24.6 Å². The summed E-state index contributed by atoms with van der Waals surface area (Å²) in [5.41, 5.74) is 6.96. The van der Waals surface area contributed by atoms with Crippen LogP contribution in [-0.2, 0) is 11.2 Å². The highest BCUT2D eigenvalue weighted by atomic mass is 19.1. The molecular weight excluding hydrogens is 289 g/mol. The fourth-order valence-corrected chi connectivity index (χ4v) is 2.49. The van der Waals surface area contributed by atoms with Crippen molar-refractivity contribution in [3.8, 4) is 0 Å². The summed E-state index contributed by atoms with van der Waals surface area (Å²) in [7, 11) is 0. The zero-order chi connectivity index (χ0) is 15.5. The standard InChI is InChI=1S/C14H16FN5O2/c15-10-7-9(8-11-13(14(16)21)18-19-17-11)1-2-12(10)20-3-5-22-6-4-20/h1-2,7H,3-6,8H2,(H2,16,21)(H,17,18,19). The minimum atomic E-state index is -0.658. The molecule has 1 fully saturated rings. The molecule has 0 bridgehead atoms. The quantitative estimate of drug-likeness (QED) is 0.856. The Morgan fingerprint density at radius 1 is 1.36 bits per heavy atom. The van der Waals surface area contributed by atoms with Crippen molar-refractivity contribution in [2.75, 3.05) is 31.2 Å². The van der Waals surface area contributed by atoms with E-state index in [1.54, 1.807) is 6.07 Å². The Balaban J connectivity index is 1.79. The molecule has 1 amide bonds. The first kappa shape index (κ1) is 14.5. The summed E-state index contributed by atoms with van der Waals surface area (Å²) < 4.78 is 19.6. The fraction of sp³-hybridized carbons (Fsp3) is 0.357. The molecular formula is C14H16FN5O2. The van der Waals surface area contributed by atoms with Gasteiger partial charge in [-0.25, -0.2) is 4.39 Å². The molecule has 3 rings (SSSR count). The van der Waals surface area contributed by atoms with E-state index in [4.69, 9.17) is 10.5 Å². The van der Waals surface area contributed by atoms with Crippen LogP contribution in [0.3, 0.4) is 0 Å². The third kappa shape index (κ3) is 2.91. The average molecular weight is 305 g/mol. The molecule has 3 N–H and O–H groups in total. The Labute approximate surface area is 126 Å². The minimum Gasteiger partial charge on any atom is -0.378 e. The van der Waals surface area contributed by atoms with Crippen molar-refractivity contribution in [2.24, 2.45) is 5.73 Å². The smallest absolute Gasteiger partial charge is 0.271 e. The van der Waals surface area contributed by atoms with Gasteiger partial charge in [0.1, 0.15) is 5.82 Å². The summed E-state index contributed by atoms with van der Waals surface area (Å²) in [6.07, 6.45) is 0.287. The second kappa shape index (κ2) is 6.10. The third-order valence-electron chi connectivity index (χ3n) is 3.59. The monoisotopic (exact) mass is 305 g/mol. The van der Waals surface area contributed by atoms with Crippen LogP contribution >= 0.6 is 0 Å². The molecule has 0 radical (unpaired) electrons. The molecule has 0 atom stereocenters. The summed E-state index contributed by atoms with van der Waals surface area (Å²) in [4.78, 5) is 13.2. The number of nitrogens with zero attached hydrogens (tertiary/aromatic N) is 3. The molecule has 1 aromatic carbocycles. The van der Waals surface area contributed by atoms with Crippen molar-refractivity contribution in [3.63, 3.8) is 0 Å². The number of hydrogen-bond acceptors (Lipinski definition) is 5. The lowest BCUT2D eigenvalue weighted by Crippen LogP contribution is -2.36. The Morgan fingerprint density at radius 3 is 2.82 bits per heavy atom. The molecule has 1 aliphatic heterocycles. The Bertz CT molecular complexity index is 682. The highest BCUT2D eigenvalue weighted by Crippen LogP contribution is 2.22. The number of hydrogen-bond donors (Lipinski definition) is 2. The van der Waals surface area contributed by atoms with Crippen molar-refractivity contribution in [2.45, 2.75) is 6.42 Å². The van der Waals surface area contributed by atoms with E-state index in [1.165, 1.54) is 6.07 Å². The van der Waals surface area contributed by atoms with Crippen molar-refractivity contribution in [1.29, 1.82) is 0 Å². The molecule has 0 unspecified atom stereocenters. The second-order valence-electron chi connectivity index (χ2n) is 5.05. The normalized spacial score (nSPS) is 15.0. The van der Waals surface area contributed by atoms with Crippen molar-refractivity contribution < 1.29 is 13.9 Å². The van der Waals surface area contributed by atoms with Crippen LogP contribution in [0.2, 0.25) is 0 Å². The Hall–Kier alpha value is -2.48. The van der Waals surface area contributed by atoms with E-state index >= 15 is 0 Å². The molecule has 2 heterocycles. The van der Waals surface area contributed by atoms with Gasteiger partial charge in [0.15, 0.2) is 5.69 Å². The van der Waals surface area contributed by atoms with Crippen LogP contribution in [0.5, 0.6) is 0 Å². The number of nitrogens with one attached hydrogen (secondary N) is 1. The van der Waals surface area contributed by atoms with E-state index in [9.17, 15) is 9.18 Å². The largest absolute Gasteiger partial charge is 0.378 e. The minimum absolute atomic E-state index is 0.0812. The van der Waals surface area contributed by atoms with Crippen LogP contribution < -0.4 is 10.6 Å². The molecule has 8 heteroatoms. The molecule has 116 valence electrons. The van der Waals surface area contributed by atoms with Crippen LogP contribution in [0.25, 0.3) is 0 Å². The van der Waals surface area contributed by atoms with E-state index in [-0.39, 0.29) is 17.9 Å². The van der Waals surface area contributed by atoms with Crippen LogP contribution in [0.1, 0.15) is 21.7 Å². The molecule has 1 saturated heterocycles. The van der Waals surface area contributed by atoms with Crippen molar-refractivity contribution >= 4 is 11.6 Å². The maximum Gasteiger partial charge on any atom is 0.271 e. The van der Waals surface area contributed by atoms with Gasteiger partial charge in [0.25, 0.3) is 5.91 Å². The predicted octanol–water partition coefficient (Wildman–Crippen LogP) is 0.470. The molecule has 0 aliphatic carbocycles. The number of carbonyl (C=O) groups excluding carboxylic acids is 1. The summed E-state index contributed by atoms with van der Waals surface area (Å²) in [5.74, 6) is -0.960. The number of ether oxygens (including phenoxy) is 1. The van der Waals surface area contributed by atoms with Crippen molar-refractivity contribution in [3.05, 3.63) is 41.0 Å². The van der Waals surface area contributed by atoms with Gasteiger partial charge < -0.3 is 15.4 Å². The summed E-state index contributed by atoms with van der Waals surface area (Å²) in [6.45, 7) is 2.54. The molecule has 2 aromatic rings. The highest BCUT2D eigenvalue weighted by Gasteiger charge is 2.17. The average Bonchev–Trinajstić information content (AvgIpc) is 2.96. The Kier molecular flexibility index (Phi) is 4.01. The van der Waals surface area contributed by atoms with Gasteiger partial charge in [0.2, 0.25) is 0 Å². The molecule has 0 saturated carbocycles. The number of anilines is 1. The lowest BCUT2D eigenvalue weighted by atomic mass is 10.1. The zero-order valence-corrected chi connectivity index (χ0v) is 11.9. The van der Waals surface area contributed by atoms with Crippen LogP contribution in [0, 0.1) is 5.82 Å². The number of benzene rings is 1. The second-order valence-corrected chi connectivity index (χ2v) is 5.05. The first-order valence-electron chi connectivity index (χ1n) is 6.95. The number of amides is 1. The third-order valence-corrected chi connectivity index (χ3v) is 3.59. The van der Waals surface area contributed by atoms with Gasteiger partial charge in [-0.1, -0.05) is 6.07 Å². The number of morpholine rings is 1. The van der Waals surface area contributed by atoms with Gasteiger partial charge in [0, 0.05) is 19.5 Å². The molecule has 22 heavy (non-hydrogen) atoms. The molecule has 1 aromatic heterocycles. The molecule has 7 nitrogen and oxygen atoms in total. The maximum absolute atomic E-state index is 14.3. The number of primary amides is 1. The fourth-order valence-electron chi connectivity index (χ4n) is 2.49. The summed E-state index contributed by atoms with van der Waals surface area (Å²) >= 11 is 0. The Morgan fingerprint density at radius 2 is 2.14 bits per heavy atom.